The highest BCUT2D eigenvalue weighted by Crippen LogP contribution is 2.34. The van der Waals surface area contributed by atoms with Crippen LogP contribution in [0.4, 0.5) is 5.95 Å². The lowest BCUT2D eigenvalue weighted by Gasteiger charge is -2.22. The molecule has 8 heteroatoms. The molecule has 8 nitrogen and oxygen atoms in total. The standard InChI is InChI=1S/C20H23N7O/c1-2-28-19-17-14(15-9-11-27-16(24-15)8-10-22-27)12-21-18(17)25-20(26-19)23-13-6-4-3-5-7-13/h8-13H,2-7H2,1H3,(H2,21,23,25,26). The lowest BCUT2D eigenvalue weighted by Crippen LogP contribution is -2.23. The van der Waals surface area contributed by atoms with Crippen LogP contribution < -0.4 is 10.1 Å². The maximum absolute atomic E-state index is 5.89. The first-order valence-electron chi connectivity index (χ1n) is 9.91. The molecular weight excluding hydrogens is 354 g/mol. The fourth-order valence-electron chi connectivity index (χ4n) is 3.90. The van der Waals surface area contributed by atoms with Gasteiger partial charge in [-0.25, -0.2) is 9.50 Å². The molecule has 0 radical (unpaired) electrons. The second-order valence-corrected chi connectivity index (χ2v) is 7.14. The van der Waals surface area contributed by atoms with Gasteiger partial charge in [0.2, 0.25) is 11.8 Å². The predicted molar refractivity (Wildman–Crippen MR) is 108 cm³/mol. The number of fused-ring (bicyclic) bond motifs is 2. The zero-order valence-corrected chi connectivity index (χ0v) is 15.9. The largest absolute Gasteiger partial charge is 0.477 e. The van der Waals surface area contributed by atoms with Gasteiger partial charge in [-0.3, -0.25) is 0 Å². The quantitative estimate of drug-likeness (QED) is 0.549. The predicted octanol–water partition coefficient (Wildman–Crippen LogP) is 3.81. The monoisotopic (exact) mass is 377 g/mol. The molecular formula is C20H23N7O. The second-order valence-electron chi connectivity index (χ2n) is 7.14. The van der Waals surface area contributed by atoms with E-state index in [9.17, 15) is 0 Å². The van der Waals surface area contributed by atoms with Crippen LogP contribution in [0.3, 0.4) is 0 Å². The average molecular weight is 377 g/mol. The molecule has 0 aliphatic heterocycles. The highest BCUT2D eigenvalue weighted by molar-refractivity contribution is 5.97. The summed E-state index contributed by atoms with van der Waals surface area (Å²) in [4.78, 5) is 17.4. The van der Waals surface area contributed by atoms with Gasteiger partial charge in [0.1, 0.15) is 5.65 Å². The van der Waals surface area contributed by atoms with Crippen LogP contribution in [0.15, 0.2) is 30.7 Å². The Morgan fingerprint density at radius 1 is 1.18 bits per heavy atom. The fraction of sp³-hybridized carbons (Fsp3) is 0.400. The Kier molecular flexibility index (Phi) is 4.31. The Labute approximate surface area is 162 Å². The summed E-state index contributed by atoms with van der Waals surface area (Å²) in [6, 6.07) is 4.25. The first-order valence-corrected chi connectivity index (χ1v) is 9.91. The van der Waals surface area contributed by atoms with E-state index in [2.05, 4.69) is 20.4 Å². The molecule has 4 aromatic rings. The van der Waals surface area contributed by atoms with Gasteiger partial charge < -0.3 is 15.0 Å². The van der Waals surface area contributed by atoms with Gasteiger partial charge in [-0.2, -0.15) is 15.1 Å². The van der Waals surface area contributed by atoms with Crippen molar-refractivity contribution in [1.29, 1.82) is 0 Å². The number of nitrogens with one attached hydrogen (secondary N) is 2. The number of hydrogen-bond donors (Lipinski definition) is 2. The van der Waals surface area contributed by atoms with E-state index in [4.69, 9.17) is 14.7 Å². The highest BCUT2D eigenvalue weighted by atomic mass is 16.5. The molecule has 144 valence electrons. The van der Waals surface area contributed by atoms with Crippen molar-refractivity contribution in [1.82, 2.24) is 29.5 Å². The first-order chi connectivity index (χ1) is 13.8. The highest BCUT2D eigenvalue weighted by Gasteiger charge is 2.20. The van der Waals surface area contributed by atoms with Crippen molar-refractivity contribution in [3.8, 4) is 17.1 Å². The van der Waals surface area contributed by atoms with Crippen molar-refractivity contribution < 1.29 is 4.74 Å². The summed E-state index contributed by atoms with van der Waals surface area (Å²) in [5.74, 6) is 1.20. The number of nitrogens with zero attached hydrogens (tertiary/aromatic N) is 5. The van der Waals surface area contributed by atoms with Crippen LogP contribution in [0.5, 0.6) is 5.88 Å². The summed E-state index contributed by atoms with van der Waals surface area (Å²) >= 11 is 0. The van der Waals surface area contributed by atoms with E-state index in [1.807, 2.05) is 31.5 Å². The lowest BCUT2D eigenvalue weighted by atomic mass is 9.96. The molecule has 28 heavy (non-hydrogen) atoms. The van der Waals surface area contributed by atoms with Gasteiger partial charge in [0.25, 0.3) is 0 Å². The number of anilines is 1. The molecule has 0 aromatic carbocycles. The third-order valence-corrected chi connectivity index (χ3v) is 5.25. The van der Waals surface area contributed by atoms with E-state index in [1.54, 1.807) is 10.7 Å². The third kappa shape index (κ3) is 3.04. The Bertz CT molecular complexity index is 1110. The number of hydrogen-bond acceptors (Lipinski definition) is 6. The summed E-state index contributed by atoms with van der Waals surface area (Å²) in [6.07, 6.45) is 11.7. The SMILES string of the molecule is CCOc1nc(NC2CCCCC2)nc2[nH]cc(-c3ccn4nccc4n3)c12. The van der Waals surface area contributed by atoms with Crippen molar-refractivity contribution in [3.05, 3.63) is 30.7 Å². The number of aromatic nitrogens is 6. The Morgan fingerprint density at radius 3 is 2.93 bits per heavy atom. The third-order valence-electron chi connectivity index (χ3n) is 5.25. The Morgan fingerprint density at radius 2 is 2.07 bits per heavy atom. The van der Waals surface area contributed by atoms with Gasteiger partial charge >= 0.3 is 0 Å². The zero-order chi connectivity index (χ0) is 18.9. The van der Waals surface area contributed by atoms with E-state index in [1.165, 1.54) is 19.3 Å². The van der Waals surface area contributed by atoms with Crippen molar-refractivity contribution in [2.24, 2.45) is 0 Å². The molecule has 1 aliphatic carbocycles. The smallest absolute Gasteiger partial charge is 0.228 e. The summed E-state index contributed by atoms with van der Waals surface area (Å²) in [7, 11) is 0. The zero-order valence-electron chi connectivity index (χ0n) is 15.9. The van der Waals surface area contributed by atoms with Gasteiger partial charge in [0.15, 0.2) is 5.65 Å². The maximum Gasteiger partial charge on any atom is 0.228 e. The molecule has 4 aromatic heterocycles. The molecule has 5 rings (SSSR count). The van der Waals surface area contributed by atoms with E-state index >= 15 is 0 Å². The number of aromatic amines is 1. The van der Waals surface area contributed by atoms with Crippen LogP contribution in [-0.4, -0.2) is 42.2 Å². The number of ether oxygens (including phenoxy) is 1. The Hall–Kier alpha value is -3.16. The van der Waals surface area contributed by atoms with Crippen molar-refractivity contribution in [2.45, 2.75) is 45.1 Å². The topological polar surface area (TPSA) is 93.0 Å². The minimum absolute atomic E-state index is 0.432. The molecule has 0 bridgehead atoms. The molecule has 1 saturated carbocycles. The molecule has 1 aliphatic rings. The van der Waals surface area contributed by atoms with Crippen LogP contribution in [0, 0.1) is 0 Å². The molecule has 0 saturated heterocycles. The number of rotatable bonds is 5. The minimum atomic E-state index is 0.432. The first kappa shape index (κ1) is 17.0. The molecule has 0 atom stereocenters. The maximum atomic E-state index is 5.89. The summed E-state index contributed by atoms with van der Waals surface area (Å²) in [5, 5.41) is 8.55. The van der Waals surface area contributed by atoms with Gasteiger partial charge in [-0.05, 0) is 25.8 Å². The summed E-state index contributed by atoms with van der Waals surface area (Å²) in [5.41, 5.74) is 3.30. The Balaban J connectivity index is 1.57. The second kappa shape index (κ2) is 7.10. The van der Waals surface area contributed by atoms with Gasteiger partial charge in [-0.15, -0.1) is 0 Å². The van der Waals surface area contributed by atoms with Crippen LogP contribution in [0.25, 0.3) is 27.9 Å². The van der Waals surface area contributed by atoms with Crippen LogP contribution in [-0.2, 0) is 0 Å². The summed E-state index contributed by atoms with van der Waals surface area (Å²) in [6.45, 7) is 2.50. The molecule has 0 unspecified atom stereocenters. The van der Waals surface area contributed by atoms with E-state index in [0.29, 0.717) is 24.5 Å². The molecule has 0 spiro atoms. The van der Waals surface area contributed by atoms with Gasteiger partial charge in [0.05, 0.1) is 23.9 Å². The lowest BCUT2D eigenvalue weighted by molar-refractivity contribution is 0.331. The normalized spacial score (nSPS) is 15.3. The molecule has 4 heterocycles. The molecule has 0 amide bonds. The van der Waals surface area contributed by atoms with Gasteiger partial charge in [-0.1, -0.05) is 19.3 Å². The van der Waals surface area contributed by atoms with Crippen LogP contribution >= 0.6 is 0 Å². The van der Waals surface area contributed by atoms with Crippen molar-refractivity contribution in [2.75, 3.05) is 11.9 Å². The van der Waals surface area contributed by atoms with Crippen molar-refractivity contribution in [3.63, 3.8) is 0 Å². The molecule has 2 N–H and O–H groups in total. The minimum Gasteiger partial charge on any atom is -0.477 e. The van der Waals surface area contributed by atoms with Gasteiger partial charge in [0, 0.05) is 30.1 Å². The molecule has 1 fully saturated rings. The van der Waals surface area contributed by atoms with Crippen LogP contribution in [0.1, 0.15) is 39.0 Å². The van der Waals surface area contributed by atoms with E-state index in [0.717, 1.165) is 40.8 Å². The summed E-state index contributed by atoms with van der Waals surface area (Å²) < 4.78 is 7.63. The van der Waals surface area contributed by atoms with E-state index in [-0.39, 0.29) is 0 Å². The number of H-pyrrole nitrogens is 1. The van der Waals surface area contributed by atoms with Crippen molar-refractivity contribution >= 4 is 22.6 Å². The fourth-order valence-corrected chi connectivity index (χ4v) is 3.90. The van der Waals surface area contributed by atoms with E-state index < -0.39 is 0 Å². The van der Waals surface area contributed by atoms with Crippen LogP contribution in [0.2, 0.25) is 0 Å². The average Bonchev–Trinajstić information content (AvgIpc) is 3.35.